The molecule has 0 bridgehead atoms. The molecule has 3 heterocycles. The van der Waals surface area contributed by atoms with E-state index < -0.39 is 0 Å². The normalized spacial score (nSPS) is 23.4. The molecular weight excluding hydrogens is 445 g/mol. The average Bonchev–Trinajstić information content (AvgIpc) is 3.28. The third-order valence-electron chi connectivity index (χ3n) is 4.85. The Morgan fingerprint density at radius 1 is 1.28 bits per heavy atom. The molecule has 2 aliphatic heterocycles. The summed E-state index contributed by atoms with van der Waals surface area (Å²) < 4.78 is 0.344. The molecule has 1 atom stereocenters. The number of pyridine rings is 1. The van der Waals surface area contributed by atoms with Crippen molar-refractivity contribution in [2.45, 2.75) is 43.9 Å². The van der Waals surface area contributed by atoms with E-state index in [1.807, 2.05) is 13.2 Å². The second kappa shape index (κ2) is 9.85. The van der Waals surface area contributed by atoms with Crippen LogP contribution in [0.25, 0.3) is 0 Å². The molecule has 0 aliphatic carbocycles. The van der Waals surface area contributed by atoms with Crippen molar-refractivity contribution in [3.8, 4) is 0 Å². The Morgan fingerprint density at radius 3 is 2.68 bits per heavy atom. The van der Waals surface area contributed by atoms with Crippen LogP contribution in [0.1, 0.15) is 38.2 Å². The fraction of sp³-hybridized carbons (Fsp3) is 0.667. The van der Waals surface area contributed by atoms with Gasteiger partial charge in [-0.05, 0) is 50.0 Å². The zero-order valence-corrected chi connectivity index (χ0v) is 18.4. The molecule has 0 aromatic carbocycles. The minimum absolute atomic E-state index is 0. The number of halogens is 1. The summed E-state index contributed by atoms with van der Waals surface area (Å²) in [6.07, 6.45) is 7.14. The van der Waals surface area contributed by atoms with Crippen LogP contribution in [0.5, 0.6) is 0 Å². The number of nitrogens with zero attached hydrogens (tertiary/aromatic N) is 3. The highest BCUT2D eigenvalue weighted by molar-refractivity contribution is 14.0. The van der Waals surface area contributed by atoms with Crippen molar-refractivity contribution < 1.29 is 0 Å². The average molecular weight is 475 g/mol. The zero-order chi connectivity index (χ0) is 16.8. The van der Waals surface area contributed by atoms with Gasteiger partial charge in [0.2, 0.25) is 0 Å². The monoisotopic (exact) mass is 475 g/mol. The second-order valence-corrected chi connectivity index (χ2v) is 8.58. The van der Waals surface area contributed by atoms with Crippen LogP contribution in [0, 0.1) is 0 Å². The lowest BCUT2D eigenvalue weighted by molar-refractivity contribution is 0.584. The van der Waals surface area contributed by atoms with E-state index in [1.54, 1.807) is 0 Å². The lowest BCUT2D eigenvalue weighted by Gasteiger charge is -2.24. The topological polar surface area (TPSA) is 52.6 Å². The number of thioether (sulfide) groups is 1. The molecule has 140 valence electrons. The zero-order valence-electron chi connectivity index (χ0n) is 15.3. The van der Waals surface area contributed by atoms with Crippen LogP contribution in [0.4, 0.5) is 5.82 Å². The predicted octanol–water partition coefficient (Wildman–Crippen LogP) is 3.25. The molecule has 3 rings (SSSR count). The SMILES string of the molecule is CN=C(NCc1ccc(N2CCCC2)nc1)NCC1(C)CCCS1.I. The second-order valence-electron chi connectivity index (χ2n) is 6.90. The lowest BCUT2D eigenvalue weighted by atomic mass is 10.1. The molecule has 25 heavy (non-hydrogen) atoms. The maximum atomic E-state index is 4.61. The molecule has 0 radical (unpaired) electrons. The van der Waals surface area contributed by atoms with Gasteiger partial charge in [-0.25, -0.2) is 4.98 Å². The molecule has 0 amide bonds. The van der Waals surface area contributed by atoms with Crippen molar-refractivity contribution in [3.63, 3.8) is 0 Å². The summed E-state index contributed by atoms with van der Waals surface area (Å²) in [5.41, 5.74) is 1.18. The van der Waals surface area contributed by atoms with Gasteiger partial charge >= 0.3 is 0 Å². The van der Waals surface area contributed by atoms with E-state index in [1.165, 1.54) is 37.0 Å². The highest BCUT2D eigenvalue weighted by atomic mass is 127. The highest BCUT2D eigenvalue weighted by Crippen LogP contribution is 2.36. The minimum atomic E-state index is 0. The molecule has 1 aromatic heterocycles. The summed E-state index contributed by atoms with van der Waals surface area (Å²) in [7, 11) is 1.83. The van der Waals surface area contributed by atoms with Crippen LogP contribution in [0.15, 0.2) is 23.3 Å². The molecule has 5 nitrogen and oxygen atoms in total. The van der Waals surface area contributed by atoms with Crippen LogP contribution >= 0.6 is 35.7 Å². The lowest BCUT2D eigenvalue weighted by Crippen LogP contribution is -2.43. The molecule has 2 fully saturated rings. The summed E-state index contributed by atoms with van der Waals surface area (Å²) in [5, 5.41) is 6.86. The number of rotatable bonds is 5. The number of hydrogen-bond acceptors (Lipinski definition) is 4. The first-order valence-corrected chi connectivity index (χ1v) is 9.95. The van der Waals surface area contributed by atoms with E-state index in [0.717, 1.165) is 38.0 Å². The molecule has 7 heteroatoms. The van der Waals surface area contributed by atoms with E-state index >= 15 is 0 Å². The molecule has 2 aliphatic rings. The van der Waals surface area contributed by atoms with Gasteiger partial charge in [-0.1, -0.05) is 6.07 Å². The summed E-state index contributed by atoms with van der Waals surface area (Å²) in [5.74, 6) is 3.25. The smallest absolute Gasteiger partial charge is 0.191 e. The Balaban J connectivity index is 0.00000225. The van der Waals surface area contributed by atoms with Gasteiger partial charge in [0.1, 0.15) is 5.82 Å². The molecule has 2 N–H and O–H groups in total. The first kappa shape index (κ1) is 20.6. The number of nitrogens with one attached hydrogen (secondary N) is 2. The van der Waals surface area contributed by atoms with Crippen molar-refractivity contribution >= 4 is 47.5 Å². The Labute approximate surface area is 172 Å². The van der Waals surface area contributed by atoms with Gasteiger partial charge in [-0.15, -0.1) is 24.0 Å². The van der Waals surface area contributed by atoms with Crippen molar-refractivity contribution in [3.05, 3.63) is 23.9 Å². The summed E-state index contributed by atoms with van der Waals surface area (Å²) in [4.78, 5) is 11.3. The molecule has 1 unspecified atom stereocenters. The Hall–Kier alpha value is -0.700. The summed E-state index contributed by atoms with van der Waals surface area (Å²) in [6.45, 7) is 6.32. The van der Waals surface area contributed by atoms with Crippen LogP contribution in [-0.2, 0) is 6.54 Å². The molecule has 0 saturated carbocycles. The van der Waals surface area contributed by atoms with E-state index in [9.17, 15) is 0 Å². The van der Waals surface area contributed by atoms with Gasteiger partial charge in [0.15, 0.2) is 5.96 Å². The van der Waals surface area contributed by atoms with Crippen molar-refractivity contribution in [2.24, 2.45) is 4.99 Å². The Morgan fingerprint density at radius 2 is 2.08 bits per heavy atom. The third kappa shape index (κ3) is 5.91. The maximum Gasteiger partial charge on any atom is 0.191 e. The Bertz CT molecular complexity index is 551. The van der Waals surface area contributed by atoms with Crippen molar-refractivity contribution in [1.82, 2.24) is 15.6 Å². The van der Waals surface area contributed by atoms with Gasteiger partial charge in [-0.3, -0.25) is 4.99 Å². The minimum Gasteiger partial charge on any atom is -0.357 e. The van der Waals surface area contributed by atoms with Crippen LogP contribution in [0.2, 0.25) is 0 Å². The Kier molecular flexibility index (Phi) is 8.12. The highest BCUT2D eigenvalue weighted by Gasteiger charge is 2.29. The van der Waals surface area contributed by atoms with Gasteiger partial charge < -0.3 is 15.5 Å². The standard InChI is InChI=1S/C18H29N5S.HI/c1-18(8-5-11-24-18)14-22-17(19-2)21-13-15-6-7-16(20-12-15)23-9-3-4-10-23;/h6-7,12H,3-5,8-11,13-14H2,1-2H3,(H2,19,21,22);1H. The van der Waals surface area contributed by atoms with Gasteiger partial charge in [0, 0.05) is 44.2 Å². The molecule has 1 aromatic rings. The summed E-state index contributed by atoms with van der Waals surface area (Å²) in [6, 6.07) is 4.30. The van der Waals surface area contributed by atoms with Crippen LogP contribution < -0.4 is 15.5 Å². The largest absolute Gasteiger partial charge is 0.357 e. The van der Waals surface area contributed by atoms with Gasteiger partial charge in [0.05, 0.1) is 0 Å². The van der Waals surface area contributed by atoms with Gasteiger partial charge in [-0.2, -0.15) is 11.8 Å². The number of guanidine groups is 1. The van der Waals surface area contributed by atoms with Crippen molar-refractivity contribution in [2.75, 3.05) is 37.3 Å². The number of aromatic nitrogens is 1. The molecular formula is C18H30IN5S. The van der Waals surface area contributed by atoms with E-state index in [2.05, 4.69) is 56.3 Å². The van der Waals surface area contributed by atoms with E-state index in [-0.39, 0.29) is 24.0 Å². The van der Waals surface area contributed by atoms with Crippen LogP contribution in [-0.4, -0.2) is 48.1 Å². The predicted molar refractivity (Wildman–Crippen MR) is 119 cm³/mol. The van der Waals surface area contributed by atoms with E-state index in [0.29, 0.717) is 4.75 Å². The van der Waals surface area contributed by atoms with Crippen molar-refractivity contribution in [1.29, 1.82) is 0 Å². The van der Waals surface area contributed by atoms with Gasteiger partial charge in [0.25, 0.3) is 0 Å². The molecule has 0 spiro atoms. The fourth-order valence-corrected chi connectivity index (χ4v) is 4.55. The number of hydrogen-bond donors (Lipinski definition) is 2. The number of aliphatic imine (C=N–C) groups is 1. The summed E-state index contributed by atoms with van der Waals surface area (Å²) >= 11 is 2.07. The number of anilines is 1. The van der Waals surface area contributed by atoms with E-state index in [4.69, 9.17) is 0 Å². The quantitative estimate of drug-likeness (QED) is 0.389. The molecule has 2 saturated heterocycles. The maximum absolute atomic E-state index is 4.61. The van der Waals surface area contributed by atoms with Crippen LogP contribution in [0.3, 0.4) is 0 Å². The first-order chi connectivity index (χ1) is 11.7. The fourth-order valence-electron chi connectivity index (χ4n) is 3.31. The third-order valence-corrected chi connectivity index (χ3v) is 6.39. The first-order valence-electron chi connectivity index (χ1n) is 8.97.